The molecule has 4 atom stereocenters. The maximum Gasteiger partial charge on any atom is 0.161 e. The third-order valence-electron chi connectivity index (χ3n) is 12.1. The van der Waals surface area contributed by atoms with E-state index < -0.39 is 10.8 Å². The molecule has 0 saturated carbocycles. The summed E-state index contributed by atoms with van der Waals surface area (Å²) in [6, 6.07) is 49.1. The van der Waals surface area contributed by atoms with Gasteiger partial charge in [-0.15, -0.1) is 0 Å². The first-order valence-corrected chi connectivity index (χ1v) is 21.6. The van der Waals surface area contributed by atoms with Crippen molar-refractivity contribution in [1.82, 2.24) is 0 Å². The third-order valence-corrected chi connectivity index (χ3v) is 12.1. The van der Waals surface area contributed by atoms with Crippen molar-refractivity contribution >= 4 is 0 Å². The lowest BCUT2D eigenvalue weighted by Crippen LogP contribution is -2.48. The Morgan fingerprint density at radius 3 is 1.18 bits per heavy atom. The number of hydrogen-bond acceptors (Lipinski definition) is 7. The summed E-state index contributed by atoms with van der Waals surface area (Å²) in [5, 5.41) is 0. The van der Waals surface area contributed by atoms with E-state index in [4.69, 9.17) is 33.2 Å². The van der Waals surface area contributed by atoms with Crippen LogP contribution in [0.4, 0.5) is 0 Å². The maximum absolute atomic E-state index is 7.87. The van der Waals surface area contributed by atoms with Gasteiger partial charge in [0.1, 0.15) is 23.0 Å². The lowest BCUT2D eigenvalue weighted by Gasteiger charge is -2.45. The van der Waals surface area contributed by atoms with Crippen molar-refractivity contribution in [3.63, 3.8) is 0 Å². The van der Waals surface area contributed by atoms with Crippen molar-refractivity contribution in [2.45, 2.75) is 90.3 Å². The van der Waals surface area contributed by atoms with Crippen LogP contribution in [0.1, 0.15) is 76.6 Å². The average molecular weight is 823 g/mol. The molecule has 0 aromatic heterocycles. The molecule has 0 spiro atoms. The molecule has 0 aliphatic carbocycles. The second-order valence-electron chi connectivity index (χ2n) is 15.8. The van der Waals surface area contributed by atoms with Crippen LogP contribution >= 0.6 is 0 Å². The highest BCUT2D eigenvalue weighted by molar-refractivity contribution is 5.48. The molecule has 0 aliphatic heterocycles. The normalized spacial score (nSPS) is 14.2. The number of benzene rings is 6. The molecule has 0 bridgehead atoms. The first-order valence-electron chi connectivity index (χ1n) is 21.6. The fourth-order valence-electron chi connectivity index (χ4n) is 8.03. The Labute approximate surface area is 363 Å². The number of para-hydroxylation sites is 2. The van der Waals surface area contributed by atoms with E-state index in [1.165, 1.54) is 0 Å². The Kier molecular flexibility index (Phi) is 15.4. The summed E-state index contributed by atoms with van der Waals surface area (Å²) in [5.74, 6) is 5.95. The van der Waals surface area contributed by atoms with Gasteiger partial charge >= 0.3 is 0 Å². The number of methoxy groups -OCH3 is 2. The molecule has 6 aromatic rings. The van der Waals surface area contributed by atoms with Gasteiger partial charge in [-0.1, -0.05) is 100 Å². The predicted octanol–water partition coefficient (Wildman–Crippen LogP) is 13.4. The molecule has 7 heteroatoms. The molecule has 320 valence electrons. The minimum absolute atomic E-state index is 0.309. The monoisotopic (exact) mass is 822 g/mol. The SMILES string of the molecule is CCOc1ccc(C(C)(CC)C(Cc2cccc(Oc3ccccc3)c2)OC(Cc2cccc(Oc3ccccc3)c2)C(C)(CC)c2ccc(OCC)c(OC)c2)cc1OC. The van der Waals surface area contributed by atoms with Crippen molar-refractivity contribution in [2.75, 3.05) is 27.4 Å². The largest absolute Gasteiger partial charge is 0.493 e. The first kappa shape index (κ1) is 44.6. The predicted molar refractivity (Wildman–Crippen MR) is 246 cm³/mol. The second kappa shape index (κ2) is 21.0. The number of ether oxygens (including phenoxy) is 7. The van der Waals surface area contributed by atoms with Crippen molar-refractivity contribution < 1.29 is 33.2 Å². The topological polar surface area (TPSA) is 64.6 Å². The Hall–Kier alpha value is -5.92. The summed E-state index contributed by atoms with van der Waals surface area (Å²) in [4.78, 5) is 0. The van der Waals surface area contributed by atoms with Gasteiger partial charge in [-0.25, -0.2) is 0 Å². The van der Waals surface area contributed by atoms with Crippen LogP contribution in [0, 0.1) is 0 Å². The fraction of sp³-hybridized carbons (Fsp3) is 0.333. The molecule has 0 N–H and O–H groups in total. The molecule has 0 amide bonds. The fourth-order valence-corrected chi connectivity index (χ4v) is 8.03. The van der Waals surface area contributed by atoms with Crippen LogP contribution in [0.5, 0.6) is 46.0 Å². The van der Waals surface area contributed by atoms with Crippen LogP contribution in [-0.4, -0.2) is 39.6 Å². The highest BCUT2D eigenvalue weighted by Gasteiger charge is 2.43. The highest BCUT2D eigenvalue weighted by atomic mass is 16.5. The maximum atomic E-state index is 7.87. The van der Waals surface area contributed by atoms with Crippen molar-refractivity contribution in [3.8, 4) is 46.0 Å². The molecule has 0 heterocycles. The summed E-state index contributed by atoms with van der Waals surface area (Å²) in [7, 11) is 3.39. The van der Waals surface area contributed by atoms with E-state index in [1.54, 1.807) is 14.2 Å². The molecular formula is C54H62O7. The van der Waals surface area contributed by atoms with Gasteiger partial charge in [0.15, 0.2) is 23.0 Å². The molecule has 0 fully saturated rings. The second-order valence-corrected chi connectivity index (χ2v) is 15.8. The molecule has 0 radical (unpaired) electrons. The zero-order valence-electron chi connectivity index (χ0n) is 37.1. The van der Waals surface area contributed by atoms with Gasteiger partial charge in [-0.2, -0.15) is 0 Å². The van der Waals surface area contributed by atoms with Crippen LogP contribution in [0.3, 0.4) is 0 Å². The van der Waals surface area contributed by atoms with Crippen molar-refractivity contribution in [1.29, 1.82) is 0 Å². The zero-order valence-corrected chi connectivity index (χ0v) is 37.1. The standard InChI is InChI=1S/C54H62O7/c1-9-53(5,41-29-31-47(57-11-3)49(37-41)55-7)51(35-39-21-19-27-45(33-39)59-43-23-15-13-16-24-43)61-52(36-40-22-20-28-46(34-40)60-44-25-17-14-18-26-44)54(6,10-2)42-30-32-48(58-12-4)50(38-42)56-8/h13-34,37-38,51-52H,9-12,35-36H2,1-8H3. The molecule has 4 unspecified atom stereocenters. The molecule has 6 rings (SSSR count). The van der Waals surface area contributed by atoms with E-state index >= 15 is 0 Å². The van der Waals surface area contributed by atoms with Crippen LogP contribution in [0.15, 0.2) is 146 Å². The summed E-state index contributed by atoms with van der Waals surface area (Å²) in [5.41, 5.74) is 3.47. The lowest BCUT2D eigenvalue weighted by molar-refractivity contribution is -0.0840. The quantitative estimate of drug-likeness (QED) is 0.0676. The summed E-state index contributed by atoms with van der Waals surface area (Å²) >= 11 is 0. The summed E-state index contributed by atoms with van der Waals surface area (Å²) < 4.78 is 44.4. The van der Waals surface area contributed by atoms with Crippen molar-refractivity contribution in [2.24, 2.45) is 0 Å². The van der Waals surface area contributed by atoms with E-state index in [1.807, 2.05) is 98.8 Å². The minimum atomic E-state index is -0.476. The van der Waals surface area contributed by atoms with E-state index in [-0.39, 0.29) is 12.2 Å². The van der Waals surface area contributed by atoms with Gasteiger partial charge in [-0.3, -0.25) is 0 Å². The van der Waals surface area contributed by atoms with E-state index in [0.717, 1.165) is 58.1 Å². The van der Waals surface area contributed by atoms with Gasteiger partial charge in [0, 0.05) is 10.8 Å². The van der Waals surface area contributed by atoms with E-state index in [2.05, 4.69) is 88.4 Å². The van der Waals surface area contributed by atoms with Gasteiger partial charge in [-0.05, 0) is 135 Å². The van der Waals surface area contributed by atoms with Gasteiger partial charge < -0.3 is 33.2 Å². The van der Waals surface area contributed by atoms with Gasteiger partial charge in [0.05, 0.1) is 39.6 Å². The zero-order chi connectivity index (χ0) is 43.2. The Morgan fingerprint density at radius 2 is 0.820 bits per heavy atom. The molecule has 6 aromatic carbocycles. The molecule has 61 heavy (non-hydrogen) atoms. The molecule has 0 saturated heterocycles. The Balaban J connectivity index is 1.48. The first-order chi connectivity index (χ1) is 29.7. The highest BCUT2D eigenvalue weighted by Crippen LogP contribution is 2.45. The van der Waals surface area contributed by atoms with Crippen LogP contribution in [0.2, 0.25) is 0 Å². The van der Waals surface area contributed by atoms with Crippen LogP contribution < -0.4 is 28.4 Å². The third kappa shape index (κ3) is 10.9. The summed E-state index contributed by atoms with van der Waals surface area (Å²) in [6.45, 7) is 14.2. The average Bonchev–Trinajstić information content (AvgIpc) is 3.29. The van der Waals surface area contributed by atoms with Crippen molar-refractivity contribution in [3.05, 3.63) is 168 Å². The lowest BCUT2D eigenvalue weighted by atomic mass is 9.70. The molecule has 7 nitrogen and oxygen atoms in total. The van der Waals surface area contributed by atoms with Gasteiger partial charge in [0.25, 0.3) is 0 Å². The van der Waals surface area contributed by atoms with Crippen LogP contribution in [0.25, 0.3) is 0 Å². The van der Waals surface area contributed by atoms with Crippen LogP contribution in [-0.2, 0) is 28.4 Å². The number of rotatable bonds is 22. The smallest absolute Gasteiger partial charge is 0.161 e. The Morgan fingerprint density at radius 1 is 0.426 bits per heavy atom. The Bertz CT molecular complexity index is 2110. The van der Waals surface area contributed by atoms with Gasteiger partial charge in [0.2, 0.25) is 0 Å². The summed E-state index contributed by atoms with van der Waals surface area (Å²) in [6.07, 6.45) is 2.20. The molecular weight excluding hydrogens is 761 g/mol. The molecule has 0 aliphatic rings. The number of hydrogen-bond donors (Lipinski definition) is 0. The van der Waals surface area contributed by atoms with E-state index in [9.17, 15) is 0 Å². The minimum Gasteiger partial charge on any atom is -0.493 e. The van der Waals surface area contributed by atoms with E-state index in [0.29, 0.717) is 49.1 Å².